The number of epoxide rings is 1. The zero-order valence-electron chi connectivity index (χ0n) is 4.92. The Kier molecular flexibility index (Phi) is 1.48. The van der Waals surface area contributed by atoms with Crippen LogP contribution >= 0.6 is 0 Å². The Hall–Kier alpha value is -0.900. The van der Waals surface area contributed by atoms with E-state index in [4.69, 9.17) is 0 Å². The van der Waals surface area contributed by atoms with Gasteiger partial charge in [0.25, 0.3) is 0 Å². The number of esters is 2. The van der Waals surface area contributed by atoms with Crippen LogP contribution in [0.25, 0.3) is 0 Å². The quantitative estimate of drug-likeness (QED) is 0.272. The van der Waals surface area contributed by atoms with E-state index in [1.54, 1.807) is 0 Å². The van der Waals surface area contributed by atoms with Gasteiger partial charge in [0.2, 0.25) is 0 Å². The number of carbonyl (C=O) groups is 2. The van der Waals surface area contributed by atoms with E-state index in [1.807, 2.05) is 0 Å². The Bertz CT molecular complexity index is 147. The van der Waals surface area contributed by atoms with Crippen LogP contribution in [0.1, 0.15) is 6.92 Å². The fraction of sp³-hybridized carbons (Fsp3) is 0.600. The standard InChI is InChI=1S/C5H6O4/c1-3(6)9-5(7)4-2-8-4/h4H,2H2,1H3. The van der Waals surface area contributed by atoms with Crippen molar-refractivity contribution in [3.05, 3.63) is 0 Å². The van der Waals surface area contributed by atoms with Gasteiger partial charge in [-0.05, 0) is 0 Å². The van der Waals surface area contributed by atoms with Crippen molar-refractivity contribution in [2.75, 3.05) is 6.61 Å². The van der Waals surface area contributed by atoms with Gasteiger partial charge in [0.15, 0.2) is 6.10 Å². The SMILES string of the molecule is CC(=O)OC(=O)C1CO1. The number of rotatable bonds is 1. The van der Waals surface area contributed by atoms with Crippen LogP contribution in [0.3, 0.4) is 0 Å². The number of hydrogen-bond acceptors (Lipinski definition) is 4. The first-order valence-electron chi connectivity index (χ1n) is 2.54. The summed E-state index contributed by atoms with van der Waals surface area (Å²) in [7, 11) is 0. The average Bonchev–Trinajstić information content (AvgIpc) is 2.40. The highest BCUT2D eigenvalue weighted by Crippen LogP contribution is 2.09. The second-order valence-electron chi connectivity index (χ2n) is 1.73. The molecule has 4 heteroatoms. The third kappa shape index (κ3) is 1.81. The van der Waals surface area contributed by atoms with Crippen LogP contribution in [0.2, 0.25) is 0 Å². The van der Waals surface area contributed by atoms with Crippen molar-refractivity contribution < 1.29 is 19.1 Å². The lowest BCUT2D eigenvalue weighted by Gasteiger charge is -1.91. The van der Waals surface area contributed by atoms with Crippen molar-refractivity contribution in [1.29, 1.82) is 0 Å². The summed E-state index contributed by atoms with van der Waals surface area (Å²) in [5.74, 6) is -1.17. The van der Waals surface area contributed by atoms with Gasteiger partial charge >= 0.3 is 11.9 Å². The molecule has 0 N–H and O–H groups in total. The molecule has 1 rings (SSSR count). The van der Waals surface area contributed by atoms with Crippen LogP contribution in [0, 0.1) is 0 Å². The minimum atomic E-state index is -0.587. The molecule has 0 aromatic heterocycles. The van der Waals surface area contributed by atoms with Crippen molar-refractivity contribution in [1.82, 2.24) is 0 Å². The number of hydrogen-bond donors (Lipinski definition) is 0. The second kappa shape index (κ2) is 2.14. The third-order valence-electron chi connectivity index (χ3n) is 0.841. The van der Waals surface area contributed by atoms with Gasteiger partial charge in [-0.15, -0.1) is 0 Å². The molecule has 1 unspecified atom stereocenters. The molecule has 9 heavy (non-hydrogen) atoms. The molecule has 0 amide bonds. The molecule has 0 saturated carbocycles. The minimum Gasteiger partial charge on any atom is -0.391 e. The van der Waals surface area contributed by atoms with E-state index < -0.39 is 18.0 Å². The van der Waals surface area contributed by atoms with Crippen molar-refractivity contribution in [3.8, 4) is 0 Å². The van der Waals surface area contributed by atoms with Crippen LogP contribution in [-0.4, -0.2) is 24.6 Å². The Morgan fingerprint density at radius 2 is 2.22 bits per heavy atom. The molecule has 0 spiro atoms. The van der Waals surface area contributed by atoms with Crippen LogP contribution in [-0.2, 0) is 19.1 Å². The van der Waals surface area contributed by atoms with Gasteiger partial charge in [-0.2, -0.15) is 0 Å². The van der Waals surface area contributed by atoms with E-state index >= 15 is 0 Å². The van der Waals surface area contributed by atoms with E-state index in [0.29, 0.717) is 6.61 Å². The van der Waals surface area contributed by atoms with E-state index in [-0.39, 0.29) is 0 Å². The lowest BCUT2D eigenvalue weighted by molar-refractivity contribution is -0.158. The van der Waals surface area contributed by atoms with Crippen molar-refractivity contribution in [3.63, 3.8) is 0 Å². The van der Waals surface area contributed by atoms with Crippen LogP contribution in [0.4, 0.5) is 0 Å². The summed E-state index contributed by atoms with van der Waals surface area (Å²) in [4.78, 5) is 20.5. The molecule has 0 radical (unpaired) electrons. The maximum atomic E-state index is 10.4. The normalized spacial score (nSPS) is 23.0. The van der Waals surface area contributed by atoms with E-state index in [9.17, 15) is 9.59 Å². The molecular weight excluding hydrogens is 124 g/mol. The molecule has 1 saturated heterocycles. The van der Waals surface area contributed by atoms with Crippen LogP contribution in [0.5, 0.6) is 0 Å². The maximum Gasteiger partial charge on any atom is 0.345 e. The molecule has 4 nitrogen and oxygen atoms in total. The van der Waals surface area contributed by atoms with E-state index in [2.05, 4.69) is 9.47 Å². The van der Waals surface area contributed by atoms with Gasteiger partial charge in [-0.25, -0.2) is 4.79 Å². The smallest absolute Gasteiger partial charge is 0.345 e. The summed E-state index contributed by atoms with van der Waals surface area (Å²) < 4.78 is 8.72. The molecule has 1 aliphatic heterocycles. The fourth-order valence-corrected chi connectivity index (χ4v) is 0.392. The molecule has 50 valence electrons. The summed E-state index contributed by atoms with van der Waals surface area (Å²) in [6.07, 6.45) is -0.478. The molecule has 1 fully saturated rings. The first-order chi connectivity index (χ1) is 4.20. The third-order valence-corrected chi connectivity index (χ3v) is 0.841. The van der Waals surface area contributed by atoms with Gasteiger partial charge in [0.05, 0.1) is 6.61 Å². The monoisotopic (exact) mass is 130 g/mol. The zero-order valence-corrected chi connectivity index (χ0v) is 4.92. The molecule has 1 aliphatic rings. The summed E-state index contributed by atoms with van der Waals surface area (Å²) >= 11 is 0. The van der Waals surface area contributed by atoms with E-state index in [0.717, 1.165) is 0 Å². The number of carbonyl (C=O) groups excluding carboxylic acids is 2. The average molecular weight is 130 g/mol. The fourth-order valence-electron chi connectivity index (χ4n) is 0.392. The Morgan fingerprint density at radius 3 is 2.56 bits per heavy atom. The highest BCUT2D eigenvalue weighted by molar-refractivity contribution is 5.87. The van der Waals surface area contributed by atoms with Crippen molar-refractivity contribution in [2.24, 2.45) is 0 Å². The van der Waals surface area contributed by atoms with Crippen LogP contribution in [0.15, 0.2) is 0 Å². The molecule has 0 aromatic rings. The minimum absolute atomic E-state index is 0.381. The Labute approximate surface area is 51.7 Å². The summed E-state index contributed by atoms with van der Waals surface area (Å²) in [5.41, 5.74) is 0. The predicted molar refractivity (Wildman–Crippen MR) is 26.5 cm³/mol. The summed E-state index contributed by atoms with van der Waals surface area (Å²) in [6, 6.07) is 0. The van der Waals surface area contributed by atoms with Crippen LogP contribution < -0.4 is 0 Å². The maximum absolute atomic E-state index is 10.4. The topological polar surface area (TPSA) is 55.9 Å². The summed E-state index contributed by atoms with van der Waals surface area (Å²) in [5, 5.41) is 0. The predicted octanol–water partition coefficient (Wildman–Crippen LogP) is -0.525. The van der Waals surface area contributed by atoms with E-state index in [1.165, 1.54) is 6.92 Å². The molecule has 0 bridgehead atoms. The first kappa shape index (κ1) is 6.22. The van der Waals surface area contributed by atoms with Gasteiger partial charge in [-0.1, -0.05) is 0 Å². The molecular formula is C5H6O4. The molecule has 0 aromatic carbocycles. The Balaban J connectivity index is 2.26. The highest BCUT2D eigenvalue weighted by atomic mass is 16.6. The van der Waals surface area contributed by atoms with Crippen molar-refractivity contribution >= 4 is 11.9 Å². The number of ether oxygens (including phenoxy) is 2. The largest absolute Gasteiger partial charge is 0.391 e. The van der Waals surface area contributed by atoms with Gasteiger partial charge in [-0.3, -0.25) is 4.79 Å². The zero-order chi connectivity index (χ0) is 6.85. The second-order valence-corrected chi connectivity index (χ2v) is 1.73. The Morgan fingerprint density at radius 1 is 1.67 bits per heavy atom. The molecule has 0 aliphatic carbocycles. The van der Waals surface area contributed by atoms with Crippen molar-refractivity contribution in [2.45, 2.75) is 13.0 Å². The lowest BCUT2D eigenvalue weighted by Crippen LogP contribution is -2.14. The van der Waals surface area contributed by atoms with Gasteiger partial charge < -0.3 is 9.47 Å². The van der Waals surface area contributed by atoms with Gasteiger partial charge in [0, 0.05) is 6.92 Å². The lowest BCUT2D eigenvalue weighted by atomic mass is 10.5. The highest BCUT2D eigenvalue weighted by Gasteiger charge is 2.33. The molecule has 1 heterocycles. The van der Waals surface area contributed by atoms with Gasteiger partial charge in [0.1, 0.15) is 0 Å². The summed E-state index contributed by atoms with van der Waals surface area (Å²) in [6.45, 7) is 1.56. The molecule has 1 atom stereocenters. The first-order valence-corrected chi connectivity index (χ1v) is 2.54.